The fourth-order valence-corrected chi connectivity index (χ4v) is 7.87. The van der Waals surface area contributed by atoms with Crippen molar-refractivity contribution in [2.45, 2.75) is 32.4 Å². The van der Waals surface area contributed by atoms with Gasteiger partial charge in [-0.2, -0.15) is 0 Å². The van der Waals surface area contributed by atoms with Crippen LogP contribution in [0, 0.1) is 5.82 Å². The molecule has 0 spiro atoms. The predicted octanol–water partition coefficient (Wildman–Crippen LogP) is 6.86. The number of phenols is 1. The minimum atomic E-state index is -0.476. The molecule has 8 rings (SSSR count). The number of fused-ring (bicyclic) bond motifs is 2. The van der Waals surface area contributed by atoms with E-state index in [1.54, 1.807) is 47.5 Å². The number of pyridine rings is 1. The summed E-state index contributed by atoms with van der Waals surface area (Å²) in [5, 5.41) is 11.0. The Balaban J connectivity index is 1.24. The fraction of sp³-hybridized carbons (Fsp3) is 0.279. The highest BCUT2D eigenvalue weighted by atomic mass is 19.1. The van der Waals surface area contributed by atoms with Crippen LogP contribution >= 0.6 is 0 Å². The third-order valence-corrected chi connectivity index (χ3v) is 10.9. The van der Waals surface area contributed by atoms with E-state index in [4.69, 9.17) is 4.74 Å². The highest BCUT2D eigenvalue weighted by Gasteiger charge is 2.32. The van der Waals surface area contributed by atoms with E-state index in [1.165, 1.54) is 17.7 Å². The molecule has 11 heteroatoms. The maximum absolute atomic E-state index is 15.3. The van der Waals surface area contributed by atoms with Gasteiger partial charge >= 0.3 is 0 Å². The molecule has 0 aliphatic carbocycles. The number of aryl methyl sites for hydroxylation is 1. The van der Waals surface area contributed by atoms with Crippen molar-refractivity contribution in [2.75, 3.05) is 37.7 Å². The zero-order valence-electron chi connectivity index (χ0n) is 30.7. The van der Waals surface area contributed by atoms with Crippen molar-refractivity contribution in [3.63, 3.8) is 0 Å². The summed E-state index contributed by atoms with van der Waals surface area (Å²) >= 11 is 0. The van der Waals surface area contributed by atoms with E-state index in [0.29, 0.717) is 66.5 Å². The summed E-state index contributed by atoms with van der Waals surface area (Å²) in [5.74, 6) is -0.910. The molecular formula is C43H43FN6O4. The molecule has 276 valence electrons. The lowest BCUT2D eigenvalue weighted by atomic mass is 9.93. The van der Waals surface area contributed by atoms with Crippen LogP contribution in [-0.2, 0) is 38.2 Å². The number of hydrogen-bond donors (Lipinski definition) is 1. The zero-order chi connectivity index (χ0) is 37.5. The second kappa shape index (κ2) is 14.6. The minimum absolute atomic E-state index is 0.0608. The Hall–Kier alpha value is -5.78. The summed E-state index contributed by atoms with van der Waals surface area (Å²) in [6.45, 7) is 6.02. The molecule has 0 bridgehead atoms. The van der Waals surface area contributed by atoms with Gasteiger partial charge in [0, 0.05) is 92.5 Å². The van der Waals surface area contributed by atoms with Gasteiger partial charge in [-0.05, 0) is 85.1 Å². The summed E-state index contributed by atoms with van der Waals surface area (Å²) in [5.41, 5.74) is 6.72. The van der Waals surface area contributed by atoms with Gasteiger partial charge in [-0.1, -0.05) is 24.3 Å². The number of hydrogen-bond acceptors (Lipinski definition) is 6. The number of aromatic nitrogens is 3. The molecule has 0 unspecified atom stereocenters. The fourth-order valence-electron chi connectivity index (χ4n) is 7.87. The Kier molecular flexibility index (Phi) is 9.51. The molecule has 3 aromatic heterocycles. The van der Waals surface area contributed by atoms with Crippen LogP contribution in [0.2, 0.25) is 0 Å². The van der Waals surface area contributed by atoms with Crippen LogP contribution in [0.5, 0.6) is 5.75 Å². The van der Waals surface area contributed by atoms with Crippen molar-refractivity contribution in [1.82, 2.24) is 23.9 Å². The average molecular weight is 727 g/mol. The number of rotatable bonds is 8. The van der Waals surface area contributed by atoms with E-state index in [1.807, 2.05) is 71.6 Å². The summed E-state index contributed by atoms with van der Waals surface area (Å²) in [7, 11) is 3.79. The smallest absolute Gasteiger partial charge is 0.264 e. The summed E-state index contributed by atoms with van der Waals surface area (Å²) in [6.07, 6.45) is 4.84. The molecule has 10 nitrogen and oxygen atoms in total. The van der Waals surface area contributed by atoms with E-state index in [9.17, 15) is 9.90 Å². The molecule has 2 aliphatic heterocycles. The normalized spacial score (nSPS) is 16.1. The highest BCUT2D eigenvalue weighted by Crippen LogP contribution is 2.36. The lowest BCUT2D eigenvalue weighted by Crippen LogP contribution is -2.42. The topological polar surface area (TPSA) is 96.1 Å². The maximum Gasteiger partial charge on any atom is 0.264 e. The second-order valence-electron chi connectivity index (χ2n) is 14.3. The molecule has 5 heterocycles. The molecule has 1 fully saturated rings. The molecule has 54 heavy (non-hydrogen) atoms. The first-order valence-corrected chi connectivity index (χ1v) is 18.4. The first-order valence-electron chi connectivity index (χ1n) is 18.4. The van der Waals surface area contributed by atoms with Gasteiger partial charge in [-0.15, -0.1) is 0 Å². The predicted molar refractivity (Wildman–Crippen MR) is 207 cm³/mol. The van der Waals surface area contributed by atoms with E-state index in [-0.39, 0.29) is 23.6 Å². The van der Waals surface area contributed by atoms with Crippen molar-refractivity contribution >= 4 is 34.2 Å². The van der Waals surface area contributed by atoms with Crippen LogP contribution < -0.4 is 4.90 Å². The van der Waals surface area contributed by atoms with Gasteiger partial charge < -0.3 is 23.9 Å². The number of nitrogens with zero attached hydrogens (tertiary/aromatic N) is 6. The standard InChI is InChI=1S/C43H43FN6O4/c1-28-22-29-6-4-5-7-31(29)27-49(28)42(52)36-13-8-32(44)24-37(36)40-25-38(39(47(40)3)15-17-48-18-20-54-21-19-48)43(53)50(33-9-11-35(51)12-10-33)34-23-30-14-16-46(2)41(30)45-26-34/h4-14,16,23-26,28,51H,15,17-22,27H2,1-3H3/t28-/m1/s1. The quantitative estimate of drug-likeness (QED) is 0.184. The van der Waals surface area contributed by atoms with Crippen LogP contribution in [0.1, 0.15) is 44.5 Å². The Bertz CT molecular complexity index is 2360. The van der Waals surface area contributed by atoms with Crippen molar-refractivity contribution < 1.29 is 23.8 Å². The van der Waals surface area contributed by atoms with Gasteiger partial charge in [-0.3, -0.25) is 19.4 Å². The van der Waals surface area contributed by atoms with Crippen LogP contribution in [0.3, 0.4) is 0 Å². The zero-order valence-corrected chi connectivity index (χ0v) is 30.7. The van der Waals surface area contributed by atoms with Gasteiger partial charge in [-0.25, -0.2) is 9.37 Å². The number of carbonyl (C=O) groups is 2. The molecule has 6 aromatic rings. The average Bonchev–Trinajstić information content (AvgIpc) is 3.72. The third kappa shape index (κ3) is 6.65. The second-order valence-corrected chi connectivity index (χ2v) is 14.3. The number of halogens is 1. The number of phenolic OH excluding ortho intramolecular Hbond substituents is 1. The number of carbonyl (C=O) groups excluding carboxylic acids is 2. The first kappa shape index (κ1) is 35.3. The number of ether oxygens (including phenoxy) is 1. The maximum atomic E-state index is 15.3. The van der Waals surface area contributed by atoms with Gasteiger partial charge in [0.15, 0.2) is 0 Å². The molecule has 1 saturated heterocycles. The lowest BCUT2D eigenvalue weighted by Gasteiger charge is -2.35. The molecule has 3 aromatic carbocycles. The van der Waals surface area contributed by atoms with Gasteiger partial charge in [0.2, 0.25) is 0 Å². The molecule has 0 saturated carbocycles. The summed E-state index contributed by atoms with van der Waals surface area (Å²) in [6, 6.07) is 24.5. The lowest BCUT2D eigenvalue weighted by molar-refractivity contribution is 0.0382. The number of amides is 2. The minimum Gasteiger partial charge on any atom is -0.508 e. The number of aromatic hydroxyl groups is 1. The van der Waals surface area contributed by atoms with Gasteiger partial charge in [0.25, 0.3) is 11.8 Å². The number of morpholine rings is 1. The Morgan fingerprint density at radius 2 is 1.69 bits per heavy atom. The van der Waals surface area contributed by atoms with E-state index in [2.05, 4.69) is 16.0 Å². The van der Waals surface area contributed by atoms with Crippen molar-refractivity contribution in [3.05, 3.63) is 131 Å². The Morgan fingerprint density at radius 3 is 2.46 bits per heavy atom. The van der Waals surface area contributed by atoms with Crippen molar-refractivity contribution in [1.29, 1.82) is 0 Å². The van der Waals surface area contributed by atoms with E-state index in [0.717, 1.165) is 41.8 Å². The Labute approximate surface area is 313 Å². The molecule has 2 aliphatic rings. The van der Waals surface area contributed by atoms with Crippen LogP contribution in [-0.4, -0.2) is 79.7 Å². The first-order chi connectivity index (χ1) is 26.2. The molecule has 1 atom stereocenters. The SMILES string of the molecule is C[C@@H]1Cc2ccccc2CN1C(=O)c1ccc(F)cc1-c1cc(C(=O)N(c2ccc(O)cc2)c2cnc3c(ccn3C)c2)c(CCN2CCOCC2)n1C. The molecule has 0 radical (unpaired) electrons. The van der Waals surface area contributed by atoms with Crippen LogP contribution in [0.15, 0.2) is 97.3 Å². The summed E-state index contributed by atoms with van der Waals surface area (Å²) < 4.78 is 24.7. The van der Waals surface area contributed by atoms with Crippen molar-refractivity contribution in [3.8, 4) is 17.0 Å². The monoisotopic (exact) mass is 726 g/mol. The third-order valence-electron chi connectivity index (χ3n) is 10.9. The molecule has 1 N–H and O–H groups in total. The van der Waals surface area contributed by atoms with Gasteiger partial charge in [0.1, 0.15) is 17.2 Å². The van der Waals surface area contributed by atoms with Crippen LogP contribution in [0.25, 0.3) is 22.3 Å². The Morgan fingerprint density at radius 1 is 0.926 bits per heavy atom. The van der Waals surface area contributed by atoms with E-state index >= 15 is 9.18 Å². The molecular weight excluding hydrogens is 684 g/mol. The van der Waals surface area contributed by atoms with Crippen LogP contribution in [0.4, 0.5) is 15.8 Å². The highest BCUT2D eigenvalue weighted by molar-refractivity contribution is 6.13. The largest absolute Gasteiger partial charge is 0.508 e. The summed E-state index contributed by atoms with van der Waals surface area (Å²) in [4.78, 5) is 40.1. The number of benzene rings is 3. The number of anilines is 2. The molecule has 2 amide bonds. The van der Waals surface area contributed by atoms with Gasteiger partial charge in [0.05, 0.1) is 30.7 Å². The van der Waals surface area contributed by atoms with Crippen molar-refractivity contribution in [2.24, 2.45) is 14.1 Å². The van der Waals surface area contributed by atoms with E-state index < -0.39 is 5.82 Å².